The first-order valence-electron chi connectivity index (χ1n) is 8.65. The maximum Gasteiger partial charge on any atom is 0.410 e. The zero-order valence-corrected chi connectivity index (χ0v) is 15.4. The molecule has 1 aliphatic heterocycles. The molecule has 1 aromatic carbocycles. The van der Waals surface area contributed by atoms with Crippen molar-refractivity contribution in [1.29, 1.82) is 0 Å². The zero-order valence-electron chi connectivity index (χ0n) is 15.4. The van der Waals surface area contributed by atoms with Gasteiger partial charge in [0.15, 0.2) is 0 Å². The number of amides is 1. The molecule has 134 valence electrons. The standard InChI is InChI=1S/C19H29FN2O2/c1-13-11-16(20)9-8-15(13)12-21-17-7-6-10-22(14(17)2)18(23)24-19(3,4)5/h8-9,11,14,17,21H,6-7,10,12H2,1-5H3. The van der Waals surface area contributed by atoms with Crippen LogP contribution in [0.3, 0.4) is 0 Å². The number of ether oxygens (including phenoxy) is 1. The lowest BCUT2D eigenvalue weighted by Gasteiger charge is -2.40. The molecule has 24 heavy (non-hydrogen) atoms. The highest BCUT2D eigenvalue weighted by Crippen LogP contribution is 2.21. The topological polar surface area (TPSA) is 41.6 Å². The van der Waals surface area contributed by atoms with Gasteiger partial charge >= 0.3 is 6.09 Å². The Hall–Kier alpha value is -1.62. The van der Waals surface area contributed by atoms with Crippen LogP contribution in [-0.2, 0) is 11.3 Å². The Bertz CT molecular complexity index is 583. The van der Waals surface area contributed by atoms with Crippen molar-refractivity contribution in [2.45, 2.75) is 71.7 Å². The van der Waals surface area contributed by atoms with Crippen LogP contribution in [0.1, 0.15) is 51.7 Å². The molecule has 0 radical (unpaired) electrons. The summed E-state index contributed by atoms with van der Waals surface area (Å²) >= 11 is 0. The van der Waals surface area contributed by atoms with Crippen LogP contribution in [0.2, 0.25) is 0 Å². The normalized spacial score (nSPS) is 21.7. The van der Waals surface area contributed by atoms with E-state index in [2.05, 4.69) is 12.2 Å². The quantitative estimate of drug-likeness (QED) is 0.907. The average molecular weight is 336 g/mol. The van der Waals surface area contributed by atoms with E-state index in [-0.39, 0.29) is 24.0 Å². The van der Waals surface area contributed by atoms with Gasteiger partial charge < -0.3 is 15.0 Å². The fourth-order valence-corrected chi connectivity index (χ4v) is 3.09. The van der Waals surface area contributed by atoms with Gasteiger partial charge in [0.2, 0.25) is 0 Å². The van der Waals surface area contributed by atoms with Crippen LogP contribution in [-0.4, -0.2) is 35.2 Å². The second-order valence-electron chi connectivity index (χ2n) is 7.61. The number of nitrogens with zero attached hydrogens (tertiary/aromatic N) is 1. The second kappa shape index (κ2) is 7.51. The highest BCUT2D eigenvalue weighted by molar-refractivity contribution is 5.68. The van der Waals surface area contributed by atoms with Crippen molar-refractivity contribution in [1.82, 2.24) is 10.2 Å². The summed E-state index contributed by atoms with van der Waals surface area (Å²) in [7, 11) is 0. The number of hydrogen-bond donors (Lipinski definition) is 1. The van der Waals surface area contributed by atoms with Crippen molar-refractivity contribution in [2.75, 3.05) is 6.54 Å². The first kappa shape index (κ1) is 18.7. The summed E-state index contributed by atoms with van der Waals surface area (Å²) in [5.41, 5.74) is 1.54. The summed E-state index contributed by atoms with van der Waals surface area (Å²) in [6.45, 7) is 11.0. The zero-order chi connectivity index (χ0) is 17.9. The number of likely N-dealkylation sites (tertiary alicyclic amines) is 1. The van der Waals surface area contributed by atoms with Crippen LogP contribution >= 0.6 is 0 Å². The van der Waals surface area contributed by atoms with E-state index in [1.54, 1.807) is 6.07 Å². The van der Waals surface area contributed by atoms with Gasteiger partial charge in [0.1, 0.15) is 11.4 Å². The molecule has 0 bridgehead atoms. The van der Waals surface area contributed by atoms with Gasteiger partial charge in [-0.3, -0.25) is 0 Å². The van der Waals surface area contributed by atoms with Gasteiger partial charge in [-0.2, -0.15) is 0 Å². The molecule has 0 aromatic heterocycles. The Morgan fingerprint density at radius 1 is 1.42 bits per heavy atom. The fraction of sp³-hybridized carbons (Fsp3) is 0.632. The van der Waals surface area contributed by atoms with Crippen molar-refractivity contribution < 1.29 is 13.9 Å². The van der Waals surface area contributed by atoms with Gasteiger partial charge in [0.05, 0.1) is 0 Å². The van der Waals surface area contributed by atoms with Gasteiger partial charge in [0.25, 0.3) is 0 Å². The van der Waals surface area contributed by atoms with E-state index < -0.39 is 5.60 Å². The van der Waals surface area contributed by atoms with Crippen LogP contribution in [0.5, 0.6) is 0 Å². The Labute approximate surface area is 144 Å². The molecule has 0 aliphatic carbocycles. The van der Waals surface area contributed by atoms with Crippen LogP contribution in [0.4, 0.5) is 9.18 Å². The van der Waals surface area contributed by atoms with E-state index in [9.17, 15) is 9.18 Å². The minimum absolute atomic E-state index is 0.0642. The SMILES string of the molecule is Cc1cc(F)ccc1CNC1CCCN(C(=O)OC(C)(C)C)C1C. The van der Waals surface area contributed by atoms with Crippen molar-refractivity contribution in [2.24, 2.45) is 0 Å². The molecule has 2 rings (SSSR count). The maximum atomic E-state index is 13.2. The number of carbonyl (C=O) groups excluding carboxylic acids is 1. The molecular weight excluding hydrogens is 307 g/mol. The van der Waals surface area contributed by atoms with Gasteiger partial charge in [0, 0.05) is 25.2 Å². The van der Waals surface area contributed by atoms with Crippen LogP contribution in [0.25, 0.3) is 0 Å². The number of carbonyl (C=O) groups is 1. The summed E-state index contributed by atoms with van der Waals surface area (Å²) in [5, 5.41) is 3.52. The van der Waals surface area contributed by atoms with Crippen LogP contribution in [0.15, 0.2) is 18.2 Å². The minimum Gasteiger partial charge on any atom is -0.444 e. The van der Waals surface area contributed by atoms with E-state index >= 15 is 0 Å². The molecule has 1 aliphatic rings. The average Bonchev–Trinajstić information content (AvgIpc) is 2.45. The van der Waals surface area contributed by atoms with E-state index in [0.717, 1.165) is 30.5 Å². The monoisotopic (exact) mass is 336 g/mol. The molecular formula is C19H29FN2O2. The lowest BCUT2D eigenvalue weighted by Crippen LogP contribution is -2.55. The van der Waals surface area contributed by atoms with Gasteiger partial charge in [-0.05, 0) is 70.7 Å². The summed E-state index contributed by atoms with van der Waals surface area (Å²) in [6.07, 6.45) is 1.71. The van der Waals surface area contributed by atoms with Gasteiger partial charge in [-0.15, -0.1) is 0 Å². The molecule has 2 atom stereocenters. The first-order valence-corrected chi connectivity index (χ1v) is 8.65. The molecule has 1 amide bonds. The Kier molecular flexibility index (Phi) is 5.86. The number of benzene rings is 1. The summed E-state index contributed by atoms with van der Waals surface area (Å²) in [4.78, 5) is 14.2. The number of aryl methyl sites for hydroxylation is 1. The smallest absolute Gasteiger partial charge is 0.410 e. The molecule has 0 saturated carbocycles. The Morgan fingerprint density at radius 2 is 2.12 bits per heavy atom. The highest BCUT2D eigenvalue weighted by Gasteiger charge is 2.33. The molecule has 2 unspecified atom stereocenters. The molecule has 1 aromatic rings. The third-order valence-electron chi connectivity index (χ3n) is 4.48. The lowest BCUT2D eigenvalue weighted by atomic mass is 9.97. The van der Waals surface area contributed by atoms with E-state index in [1.165, 1.54) is 6.07 Å². The van der Waals surface area contributed by atoms with Crippen LogP contribution in [0, 0.1) is 12.7 Å². The number of halogens is 1. The summed E-state index contributed by atoms with van der Waals surface area (Å²) < 4.78 is 18.7. The third-order valence-corrected chi connectivity index (χ3v) is 4.48. The van der Waals surface area contributed by atoms with E-state index in [0.29, 0.717) is 6.54 Å². The first-order chi connectivity index (χ1) is 11.2. The largest absolute Gasteiger partial charge is 0.444 e. The maximum absolute atomic E-state index is 13.2. The molecule has 1 fully saturated rings. The molecule has 1 N–H and O–H groups in total. The molecule has 1 saturated heterocycles. The summed E-state index contributed by atoms with van der Waals surface area (Å²) in [6, 6.07) is 5.12. The Balaban J connectivity index is 1.97. The van der Waals surface area contributed by atoms with E-state index in [4.69, 9.17) is 4.74 Å². The van der Waals surface area contributed by atoms with Gasteiger partial charge in [-0.25, -0.2) is 9.18 Å². The number of piperidine rings is 1. The fourth-order valence-electron chi connectivity index (χ4n) is 3.09. The van der Waals surface area contributed by atoms with Crippen LogP contribution < -0.4 is 5.32 Å². The molecule has 1 heterocycles. The number of nitrogens with one attached hydrogen (secondary N) is 1. The minimum atomic E-state index is -0.484. The molecule has 5 heteroatoms. The molecule has 0 spiro atoms. The van der Waals surface area contributed by atoms with E-state index in [1.807, 2.05) is 38.7 Å². The summed E-state index contributed by atoms with van der Waals surface area (Å²) in [5.74, 6) is -0.210. The lowest BCUT2D eigenvalue weighted by molar-refractivity contribution is 0.00698. The molecule has 4 nitrogen and oxygen atoms in total. The highest BCUT2D eigenvalue weighted by atomic mass is 19.1. The van der Waals surface area contributed by atoms with Gasteiger partial charge in [-0.1, -0.05) is 6.07 Å². The van der Waals surface area contributed by atoms with Crippen molar-refractivity contribution in [3.8, 4) is 0 Å². The second-order valence-corrected chi connectivity index (χ2v) is 7.61. The Morgan fingerprint density at radius 3 is 2.75 bits per heavy atom. The van der Waals surface area contributed by atoms with Crippen molar-refractivity contribution >= 4 is 6.09 Å². The van der Waals surface area contributed by atoms with Crippen molar-refractivity contribution in [3.05, 3.63) is 35.1 Å². The predicted octanol–water partition coefficient (Wildman–Crippen LogP) is 4.01. The number of rotatable bonds is 3. The predicted molar refractivity (Wildman–Crippen MR) is 93.4 cm³/mol. The third kappa shape index (κ3) is 4.94. The van der Waals surface area contributed by atoms with Crippen molar-refractivity contribution in [3.63, 3.8) is 0 Å². The number of hydrogen-bond acceptors (Lipinski definition) is 3.